The first-order chi connectivity index (χ1) is 11.7. The van der Waals surface area contributed by atoms with E-state index in [0.717, 1.165) is 48.7 Å². The normalized spacial score (nSPS) is 14.2. The summed E-state index contributed by atoms with van der Waals surface area (Å²) in [5.74, 6) is 1.92. The van der Waals surface area contributed by atoms with Crippen molar-refractivity contribution in [2.24, 2.45) is 0 Å². The maximum absolute atomic E-state index is 11.8. The molecule has 0 unspecified atom stereocenters. The molecule has 5 nitrogen and oxygen atoms in total. The number of hydrogen-bond acceptors (Lipinski definition) is 4. The van der Waals surface area contributed by atoms with Crippen LogP contribution in [0.25, 0.3) is 0 Å². The van der Waals surface area contributed by atoms with Gasteiger partial charge in [0.2, 0.25) is 5.91 Å². The second kappa shape index (κ2) is 7.43. The number of hydrogen-bond donors (Lipinski definition) is 1. The molecule has 1 aromatic heterocycles. The summed E-state index contributed by atoms with van der Waals surface area (Å²) in [4.78, 5) is 22.5. The fourth-order valence-corrected chi connectivity index (χ4v) is 3.00. The first-order valence-electron chi connectivity index (χ1n) is 8.63. The number of aromatic nitrogens is 2. The minimum atomic E-state index is 0.224. The van der Waals surface area contributed by atoms with Crippen molar-refractivity contribution in [2.75, 3.05) is 16.8 Å². The molecule has 24 heavy (non-hydrogen) atoms. The molecule has 1 aliphatic rings. The summed E-state index contributed by atoms with van der Waals surface area (Å²) >= 11 is 0. The van der Waals surface area contributed by atoms with Gasteiger partial charge in [0.05, 0.1) is 0 Å². The lowest BCUT2D eigenvalue weighted by molar-refractivity contribution is -0.117. The third kappa shape index (κ3) is 3.72. The Bertz CT molecular complexity index is 712. The van der Waals surface area contributed by atoms with Gasteiger partial charge in [0.25, 0.3) is 0 Å². The minimum Gasteiger partial charge on any atom is -0.366 e. The van der Waals surface area contributed by atoms with Crippen molar-refractivity contribution < 1.29 is 4.79 Å². The van der Waals surface area contributed by atoms with Crippen LogP contribution in [0, 0.1) is 6.92 Å². The van der Waals surface area contributed by atoms with E-state index in [0.29, 0.717) is 13.0 Å². The third-order valence-electron chi connectivity index (χ3n) is 4.29. The largest absolute Gasteiger partial charge is 0.366 e. The van der Waals surface area contributed by atoms with Crippen LogP contribution in [0.15, 0.2) is 30.5 Å². The fourth-order valence-electron chi connectivity index (χ4n) is 3.00. The molecule has 0 aliphatic carbocycles. The Morgan fingerprint density at radius 3 is 2.71 bits per heavy atom. The smallest absolute Gasteiger partial charge is 0.227 e. The Labute approximate surface area is 143 Å². The molecular formula is C19H24N4O. The SMILES string of the molecule is CCCc1cnc(C)nc1NCc1ccc(N2CCCC2=O)cc1. The zero-order valence-corrected chi connectivity index (χ0v) is 14.4. The van der Waals surface area contributed by atoms with E-state index in [2.05, 4.69) is 34.3 Å². The number of benzene rings is 1. The number of anilines is 2. The van der Waals surface area contributed by atoms with Crippen LogP contribution in [0.3, 0.4) is 0 Å². The van der Waals surface area contributed by atoms with Gasteiger partial charge in [-0.3, -0.25) is 4.79 Å². The molecule has 0 radical (unpaired) electrons. The zero-order valence-electron chi connectivity index (χ0n) is 14.4. The lowest BCUT2D eigenvalue weighted by Crippen LogP contribution is -2.23. The summed E-state index contributed by atoms with van der Waals surface area (Å²) in [5.41, 5.74) is 3.32. The number of nitrogens with one attached hydrogen (secondary N) is 1. The lowest BCUT2D eigenvalue weighted by Gasteiger charge is -2.16. The van der Waals surface area contributed by atoms with Crippen LogP contribution in [-0.2, 0) is 17.8 Å². The van der Waals surface area contributed by atoms with Crippen molar-refractivity contribution in [3.63, 3.8) is 0 Å². The Morgan fingerprint density at radius 1 is 1.25 bits per heavy atom. The molecule has 1 aliphatic heterocycles. The maximum Gasteiger partial charge on any atom is 0.227 e. The molecule has 0 spiro atoms. The monoisotopic (exact) mass is 324 g/mol. The Balaban J connectivity index is 1.67. The van der Waals surface area contributed by atoms with Gasteiger partial charge < -0.3 is 10.2 Å². The summed E-state index contributed by atoms with van der Waals surface area (Å²) in [7, 11) is 0. The number of carbonyl (C=O) groups is 1. The molecule has 1 amide bonds. The molecule has 1 saturated heterocycles. The van der Waals surface area contributed by atoms with E-state index >= 15 is 0 Å². The van der Waals surface area contributed by atoms with Crippen molar-refractivity contribution in [1.29, 1.82) is 0 Å². The molecule has 5 heteroatoms. The van der Waals surface area contributed by atoms with Gasteiger partial charge in [0, 0.05) is 37.0 Å². The average molecular weight is 324 g/mol. The van der Waals surface area contributed by atoms with E-state index in [9.17, 15) is 4.79 Å². The van der Waals surface area contributed by atoms with Crippen LogP contribution in [0.1, 0.15) is 43.1 Å². The van der Waals surface area contributed by atoms with Gasteiger partial charge in [-0.15, -0.1) is 0 Å². The van der Waals surface area contributed by atoms with Crippen molar-refractivity contribution in [1.82, 2.24) is 9.97 Å². The van der Waals surface area contributed by atoms with E-state index in [1.54, 1.807) is 0 Å². The van der Waals surface area contributed by atoms with Crippen LogP contribution < -0.4 is 10.2 Å². The predicted molar refractivity (Wildman–Crippen MR) is 96.1 cm³/mol. The summed E-state index contributed by atoms with van der Waals surface area (Å²) in [6.45, 7) is 5.60. The topological polar surface area (TPSA) is 58.1 Å². The number of rotatable bonds is 6. The van der Waals surface area contributed by atoms with Gasteiger partial charge in [0.1, 0.15) is 11.6 Å². The highest BCUT2D eigenvalue weighted by atomic mass is 16.2. The highest BCUT2D eigenvalue weighted by Crippen LogP contribution is 2.22. The molecule has 1 aromatic carbocycles. The summed E-state index contributed by atoms with van der Waals surface area (Å²) in [6.07, 6.45) is 5.57. The molecule has 2 heterocycles. The van der Waals surface area contributed by atoms with Gasteiger partial charge >= 0.3 is 0 Å². The van der Waals surface area contributed by atoms with Crippen LogP contribution in [0.5, 0.6) is 0 Å². The minimum absolute atomic E-state index is 0.224. The molecule has 2 aromatic rings. The van der Waals surface area contributed by atoms with E-state index in [1.165, 1.54) is 5.56 Å². The van der Waals surface area contributed by atoms with E-state index < -0.39 is 0 Å². The van der Waals surface area contributed by atoms with Crippen LogP contribution in [0.2, 0.25) is 0 Å². The maximum atomic E-state index is 11.8. The predicted octanol–water partition coefficient (Wildman–Crippen LogP) is 3.48. The molecule has 0 saturated carbocycles. The highest BCUT2D eigenvalue weighted by Gasteiger charge is 2.21. The number of carbonyl (C=O) groups excluding carboxylic acids is 1. The highest BCUT2D eigenvalue weighted by molar-refractivity contribution is 5.95. The molecule has 0 bridgehead atoms. The quantitative estimate of drug-likeness (QED) is 0.884. The summed E-state index contributed by atoms with van der Waals surface area (Å²) in [5, 5.41) is 3.42. The van der Waals surface area contributed by atoms with E-state index in [4.69, 9.17) is 0 Å². The fraction of sp³-hybridized carbons (Fsp3) is 0.421. The second-order valence-electron chi connectivity index (χ2n) is 6.21. The standard InChI is InChI=1S/C19H24N4O/c1-3-5-16-13-20-14(2)22-19(16)21-12-15-7-9-17(10-8-15)23-11-4-6-18(23)24/h7-10,13H,3-6,11-12H2,1-2H3,(H,20,21,22). The van der Waals surface area contributed by atoms with Crippen LogP contribution >= 0.6 is 0 Å². The summed E-state index contributed by atoms with van der Waals surface area (Å²) in [6, 6.07) is 8.19. The molecular weight excluding hydrogens is 300 g/mol. The van der Waals surface area contributed by atoms with E-state index in [-0.39, 0.29) is 5.91 Å². The number of aryl methyl sites for hydroxylation is 2. The van der Waals surface area contributed by atoms with Crippen molar-refractivity contribution in [2.45, 2.75) is 46.1 Å². The molecule has 126 valence electrons. The molecule has 1 N–H and O–H groups in total. The van der Waals surface area contributed by atoms with Crippen molar-refractivity contribution in [3.05, 3.63) is 47.4 Å². The average Bonchev–Trinajstić information content (AvgIpc) is 3.02. The second-order valence-corrected chi connectivity index (χ2v) is 6.21. The molecule has 0 atom stereocenters. The van der Waals surface area contributed by atoms with E-state index in [1.807, 2.05) is 30.2 Å². The first-order valence-corrected chi connectivity index (χ1v) is 8.63. The first kappa shape index (κ1) is 16.4. The van der Waals surface area contributed by atoms with Crippen LogP contribution in [-0.4, -0.2) is 22.4 Å². The number of nitrogens with zero attached hydrogens (tertiary/aromatic N) is 3. The Hall–Kier alpha value is -2.43. The van der Waals surface area contributed by atoms with Crippen molar-refractivity contribution in [3.8, 4) is 0 Å². The van der Waals surface area contributed by atoms with Crippen LogP contribution in [0.4, 0.5) is 11.5 Å². The van der Waals surface area contributed by atoms with Gasteiger partial charge in [-0.1, -0.05) is 25.5 Å². The Kier molecular flexibility index (Phi) is 5.08. The lowest BCUT2D eigenvalue weighted by atomic mass is 10.1. The zero-order chi connectivity index (χ0) is 16.9. The summed E-state index contributed by atoms with van der Waals surface area (Å²) < 4.78 is 0. The molecule has 1 fully saturated rings. The van der Waals surface area contributed by atoms with Gasteiger partial charge in [-0.05, 0) is 37.5 Å². The van der Waals surface area contributed by atoms with Gasteiger partial charge in [-0.2, -0.15) is 0 Å². The van der Waals surface area contributed by atoms with Gasteiger partial charge in [-0.25, -0.2) is 9.97 Å². The molecule has 3 rings (SSSR count). The van der Waals surface area contributed by atoms with Gasteiger partial charge in [0.15, 0.2) is 0 Å². The van der Waals surface area contributed by atoms with Crippen molar-refractivity contribution >= 4 is 17.4 Å². The third-order valence-corrected chi connectivity index (χ3v) is 4.29. The Morgan fingerprint density at radius 2 is 2.04 bits per heavy atom. The number of amides is 1.